The van der Waals surface area contributed by atoms with Gasteiger partial charge in [0, 0.05) is 13.1 Å². The number of rotatable bonds is 6. The van der Waals surface area contributed by atoms with Crippen LogP contribution in [0.5, 0.6) is 0 Å². The van der Waals surface area contributed by atoms with Crippen LogP contribution in [0.3, 0.4) is 0 Å². The number of nitrogens with one attached hydrogen (secondary N) is 1. The molecule has 4 heteroatoms. The number of carbonyl (C=O) groups excluding carboxylic acids is 1. The van der Waals surface area contributed by atoms with Gasteiger partial charge in [-0.2, -0.15) is 0 Å². The molecule has 0 unspecified atom stereocenters. The molecule has 3 rings (SSSR count). The van der Waals surface area contributed by atoms with Crippen LogP contribution in [0.4, 0.5) is 4.39 Å². The molecule has 1 N–H and O–H groups in total. The standard InChI is InChI=1S/C22H27FN2O/c1-17-10-12-25(13-11-17)16-20-4-2-19(3-5-20)15-24-22(26)14-18-6-8-21(23)9-7-18/h2-9,17H,10-16H2,1H3,(H,24,26). The van der Waals surface area contributed by atoms with E-state index in [4.69, 9.17) is 0 Å². The molecule has 0 aromatic heterocycles. The van der Waals surface area contributed by atoms with E-state index in [1.807, 2.05) is 0 Å². The Balaban J connectivity index is 1.43. The molecule has 138 valence electrons. The predicted molar refractivity (Wildman–Crippen MR) is 102 cm³/mol. The molecule has 2 aromatic carbocycles. The van der Waals surface area contributed by atoms with Crippen molar-refractivity contribution in [2.45, 2.75) is 39.3 Å². The zero-order chi connectivity index (χ0) is 18.4. The first-order valence-corrected chi connectivity index (χ1v) is 9.40. The van der Waals surface area contributed by atoms with Crippen molar-refractivity contribution in [1.29, 1.82) is 0 Å². The molecule has 0 radical (unpaired) electrons. The number of likely N-dealkylation sites (tertiary alicyclic amines) is 1. The van der Waals surface area contributed by atoms with E-state index in [0.29, 0.717) is 6.54 Å². The molecule has 0 atom stereocenters. The largest absolute Gasteiger partial charge is 0.352 e. The number of benzene rings is 2. The first-order valence-electron chi connectivity index (χ1n) is 9.40. The second-order valence-corrected chi connectivity index (χ2v) is 7.36. The summed E-state index contributed by atoms with van der Waals surface area (Å²) in [6, 6.07) is 14.5. The molecule has 1 fully saturated rings. The smallest absolute Gasteiger partial charge is 0.224 e. The van der Waals surface area contributed by atoms with Gasteiger partial charge in [-0.25, -0.2) is 4.39 Å². The van der Waals surface area contributed by atoms with Crippen LogP contribution in [-0.2, 0) is 24.3 Å². The fraction of sp³-hybridized carbons (Fsp3) is 0.409. The lowest BCUT2D eigenvalue weighted by molar-refractivity contribution is -0.120. The second-order valence-electron chi connectivity index (χ2n) is 7.36. The van der Waals surface area contributed by atoms with Gasteiger partial charge in [0.1, 0.15) is 5.82 Å². The molecular weight excluding hydrogens is 327 g/mol. The fourth-order valence-corrected chi connectivity index (χ4v) is 3.29. The Bertz CT molecular complexity index is 704. The molecule has 26 heavy (non-hydrogen) atoms. The van der Waals surface area contributed by atoms with Crippen LogP contribution in [0.1, 0.15) is 36.5 Å². The van der Waals surface area contributed by atoms with Gasteiger partial charge < -0.3 is 5.32 Å². The molecular formula is C22H27FN2O. The summed E-state index contributed by atoms with van der Waals surface area (Å²) in [5.74, 6) is 0.517. The number of nitrogens with zero attached hydrogens (tertiary/aromatic N) is 1. The third-order valence-electron chi connectivity index (χ3n) is 5.07. The number of hydrogen-bond acceptors (Lipinski definition) is 2. The molecule has 0 bridgehead atoms. The Labute approximate surface area is 155 Å². The molecule has 0 aliphatic carbocycles. The van der Waals surface area contributed by atoms with Gasteiger partial charge in [0.15, 0.2) is 0 Å². The van der Waals surface area contributed by atoms with Crippen LogP contribution in [0, 0.1) is 11.7 Å². The normalized spacial score (nSPS) is 15.8. The quantitative estimate of drug-likeness (QED) is 0.853. The van der Waals surface area contributed by atoms with Crippen molar-refractivity contribution in [3.63, 3.8) is 0 Å². The Hall–Kier alpha value is -2.20. The molecule has 1 aliphatic heterocycles. The lowest BCUT2D eigenvalue weighted by Crippen LogP contribution is -2.32. The van der Waals surface area contributed by atoms with E-state index >= 15 is 0 Å². The number of carbonyl (C=O) groups is 1. The minimum Gasteiger partial charge on any atom is -0.352 e. The fourth-order valence-electron chi connectivity index (χ4n) is 3.29. The van der Waals surface area contributed by atoms with E-state index in [-0.39, 0.29) is 18.1 Å². The van der Waals surface area contributed by atoms with Gasteiger partial charge in [0.05, 0.1) is 6.42 Å². The maximum atomic E-state index is 12.9. The van der Waals surface area contributed by atoms with E-state index in [2.05, 4.69) is 41.4 Å². The summed E-state index contributed by atoms with van der Waals surface area (Å²) in [4.78, 5) is 14.5. The van der Waals surface area contributed by atoms with Crippen molar-refractivity contribution >= 4 is 5.91 Å². The third-order valence-corrected chi connectivity index (χ3v) is 5.07. The van der Waals surface area contributed by atoms with Gasteiger partial charge in [0.25, 0.3) is 0 Å². The van der Waals surface area contributed by atoms with Crippen LogP contribution < -0.4 is 5.32 Å². The molecule has 1 amide bonds. The van der Waals surface area contributed by atoms with Crippen molar-refractivity contribution in [2.75, 3.05) is 13.1 Å². The summed E-state index contributed by atoms with van der Waals surface area (Å²) in [6.45, 7) is 6.21. The first kappa shape index (κ1) is 18.6. The summed E-state index contributed by atoms with van der Waals surface area (Å²) < 4.78 is 12.9. The first-order chi connectivity index (χ1) is 12.6. The summed E-state index contributed by atoms with van der Waals surface area (Å²) in [6.07, 6.45) is 2.85. The summed E-state index contributed by atoms with van der Waals surface area (Å²) >= 11 is 0. The van der Waals surface area contributed by atoms with Gasteiger partial charge in [-0.3, -0.25) is 9.69 Å². The average Bonchev–Trinajstić information content (AvgIpc) is 2.65. The van der Waals surface area contributed by atoms with Gasteiger partial charge in [-0.1, -0.05) is 43.3 Å². The average molecular weight is 354 g/mol. The van der Waals surface area contributed by atoms with Crippen LogP contribution >= 0.6 is 0 Å². The molecule has 1 saturated heterocycles. The van der Waals surface area contributed by atoms with Gasteiger partial charge in [-0.05, 0) is 60.7 Å². The van der Waals surface area contributed by atoms with Gasteiger partial charge in [-0.15, -0.1) is 0 Å². The summed E-state index contributed by atoms with van der Waals surface area (Å²) in [5.41, 5.74) is 3.23. The Morgan fingerprint density at radius 1 is 1.00 bits per heavy atom. The zero-order valence-corrected chi connectivity index (χ0v) is 15.4. The molecule has 1 aliphatic rings. The predicted octanol–water partition coefficient (Wildman–Crippen LogP) is 3.92. The molecule has 0 saturated carbocycles. The van der Waals surface area contributed by atoms with Crippen molar-refractivity contribution in [3.05, 3.63) is 71.0 Å². The summed E-state index contributed by atoms with van der Waals surface area (Å²) in [5, 5.41) is 2.92. The topological polar surface area (TPSA) is 32.3 Å². The summed E-state index contributed by atoms with van der Waals surface area (Å²) in [7, 11) is 0. The minimum absolute atomic E-state index is 0.0527. The van der Waals surface area contributed by atoms with E-state index in [0.717, 1.165) is 23.6 Å². The Morgan fingerprint density at radius 2 is 1.58 bits per heavy atom. The van der Waals surface area contributed by atoms with Crippen LogP contribution in [0.25, 0.3) is 0 Å². The lowest BCUT2D eigenvalue weighted by Gasteiger charge is -2.30. The second kappa shape index (κ2) is 8.95. The molecule has 3 nitrogen and oxygen atoms in total. The lowest BCUT2D eigenvalue weighted by atomic mass is 9.99. The number of amides is 1. The van der Waals surface area contributed by atoms with E-state index in [9.17, 15) is 9.18 Å². The highest BCUT2D eigenvalue weighted by molar-refractivity contribution is 5.78. The SMILES string of the molecule is CC1CCN(Cc2ccc(CNC(=O)Cc3ccc(F)cc3)cc2)CC1. The minimum atomic E-state index is -0.284. The highest BCUT2D eigenvalue weighted by atomic mass is 19.1. The number of hydrogen-bond donors (Lipinski definition) is 1. The molecule has 1 heterocycles. The molecule has 2 aromatic rings. The zero-order valence-electron chi connectivity index (χ0n) is 15.4. The maximum Gasteiger partial charge on any atom is 0.224 e. The number of halogens is 1. The van der Waals surface area contributed by atoms with Gasteiger partial charge >= 0.3 is 0 Å². The molecule has 0 spiro atoms. The van der Waals surface area contributed by atoms with Crippen molar-refractivity contribution < 1.29 is 9.18 Å². The highest BCUT2D eigenvalue weighted by Gasteiger charge is 2.15. The van der Waals surface area contributed by atoms with Crippen molar-refractivity contribution in [1.82, 2.24) is 10.2 Å². The van der Waals surface area contributed by atoms with E-state index < -0.39 is 0 Å². The maximum absolute atomic E-state index is 12.9. The highest BCUT2D eigenvalue weighted by Crippen LogP contribution is 2.18. The number of piperidine rings is 1. The Kier molecular flexibility index (Phi) is 6.40. The Morgan fingerprint density at radius 3 is 2.23 bits per heavy atom. The third kappa shape index (κ3) is 5.67. The van der Waals surface area contributed by atoms with E-state index in [1.165, 1.54) is 43.6 Å². The monoisotopic (exact) mass is 354 g/mol. The van der Waals surface area contributed by atoms with Crippen LogP contribution in [0.2, 0.25) is 0 Å². The van der Waals surface area contributed by atoms with Crippen molar-refractivity contribution in [2.24, 2.45) is 5.92 Å². The van der Waals surface area contributed by atoms with Gasteiger partial charge in [0.2, 0.25) is 5.91 Å². The van der Waals surface area contributed by atoms with E-state index in [1.54, 1.807) is 12.1 Å². The van der Waals surface area contributed by atoms with Crippen molar-refractivity contribution in [3.8, 4) is 0 Å². The van der Waals surface area contributed by atoms with Crippen LogP contribution in [-0.4, -0.2) is 23.9 Å². The van der Waals surface area contributed by atoms with Crippen LogP contribution in [0.15, 0.2) is 48.5 Å².